The lowest BCUT2D eigenvalue weighted by Gasteiger charge is -2.15. The third-order valence-corrected chi connectivity index (χ3v) is 5.71. The molecule has 0 aliphatic heterocycles. The number of nitrogens with zero attached hydrogens (tertiary/aromatic N) is 2. The predicted octanol–water partition coefficient (Wildman–Crippen LogP) is 6.03. The van der Waals surface area contributed by atoms with Gasteiger partial charge in [0.05, 0.1) is 16.8 Å². The fourth-order valence-corrected chi connectivity index (χ4v) is 3.81. The monoisotopic (exact) mass is 476 g/mol. The molecule has 8 heteroatoms. The van der Waals surface area contributed by atoms with E-state index in [1.807, 2.05) is 0 Å². The minimum atomic E-state index is -1.44. The number of carboxylic acids is 1. The molecule has 0 atom stereocenters. The number of benzene rings is 3. The van der Waals surface area contributed by atoms with Crippen molar-refractivity contribution in [2.75, 3.05) is 0 Å². The van der Waals surface area contributed by atoms with Gasteiger partial charge in [-0.1, -0.05) is 30.8 Å². The number of imidazole rings is 1. The van der Waals surface area contributed by atoms with Crippen LogP contribution < -0.4 is 0 Å². The number of aromatic nitrogens is 2. The highest BCUT2D eigenvalue weighted by molar-refractivity contribution is 6.02. The van der Waals surface area contributed by atoms with Gasteiger partial charge < -0.3 is 5.11 Å². The largest absolute Gasteiger partial charge is 0.478 e. The lowest BCUT2D eigenvalue weighted by Crippen LogP contribution is -2.17. The topological polar surface area (TPSA) is 72.2 Å². The van der Waals surface area contributed by atoms with Crippen LogP contribution in [0.1, 0.15) is 43.2 Å². The molecule has 0 fully saturated rings. The summed E-state index contributed by atoms with van der Waals surface area (Å²) in [6, 6.07) is 12.7. The fraction of sp³-hybridized carbons (Fsp3) is 0.0741. The molecule has 0 saturated carbocycles. The molecule has 4 aromatic rings. The van der Waals surface area contributed by atoms with E-state index < -0.39 is 40.5 Å². The highest BCUT2D eigenvalue weighted by atomic mass is 19.1. The number of hydrogen-bond donors (Lipinski definition) is 1. The molecule has 0 unspecified atom stereocenters. The first-order valence-corrected chi connectivity index (χ1v) is 10.5. The number of halogens is 3. The lowest BCUT2D eigenvalue weighted by molar-refractivity contribution is 0.0696. The van der Waals surface area contributed by atoms with E-state index in [-0.39, 0.29) is 22.5 Å². The standard InChI is InChI=1S/C27H19F3N2O3/c1-14(17-6-4-8-19(28)12-17)21-10-11-22(27(34)35)23(24(21)30)25-31-15(2)16(3)32(25)26(33)18-7-5-9-20(29)13-18/h4-13H,1H2,2-3H3,(H,34,35). The molecule has 5 nitrogen and oxygen atoms in total. The van der Waals surface area contributed by atoms with Gasteiger partial charge in [0.25, 0.3) is 5.91 Å². The van der Waals surface area contributed by atoms with Gasteiger partial charge in [-0.05, 0) is 61.4 Å². The van der Waals surface area contributed by atoms with E-state index in [1.165, 1.54) is 48.5 Å². The van der Waals surface area contributed by atoms with E-state index in [0.29, 0.717) is 17.0 Å². The Bertz CT molecular complexity index is 1520. The summed E-state index contributed by atoms with van der Waals surface area (Å²) >= 11 is 0. The molecule has 0 amide bonds. The Kier molecular flexibility index (Phi) is 6.13. The summed E-state index contributed by atoms with van der Waals surface area (Å²) in [6.45, 7) is 7.01. The number of aryl methyl sites for hydroxylation is 1. The second-order valence-electron chi connectivity index (χ2n) is 7.90. The van der Waals surface area contributed by atoms with Crippen molar-refractivity contribution in [2.24, 2.45) is 0 Å². The SMILES string of the molecule is C=C(c1cccc(F)c1)c1ccc(C(=O)O)c(-c2nc(C)c(C)n2C(=O)c2cccc(F)c2)c1F. The second kappa shape index (κ2) is 9.06. The second-order valence-corrected chi connectivity index (χ2v) is 7.90. The zero-order valence-electron chi connectivity index (χ0n) is 18.8. The predicted molar refractivity (Wildman–Crippen MR) is 125 cm³/mol. The minimum Gasteiger partial charge on any atom is -0.478 e. The molecule has 1 aromatic heterocycles. The van der Waals surface area contributed by atoms with Gasteiger partial charge in [0.15, 0.2) is 5.82 Å². The van der Waals surface area contributed by atoms with Gasteiger partial charge in [-0.15, -0.1) is 0 Å². The van der Waals surface area contributed by atoms with Crippen LogP contribution in [0, 0.1) is 31.3 Å². The van der Waals surface area contributed by atoms with Gasteiger partial charge in [-0.2, -0.15) is 0 Å². The minimum absolute atomic E-state index is 0.0237. The van der Waals surface area contributed by atoms with Gasteiger partial charge >= 0.3 is 5.97 Å². The van der Waals surface area contributed by atoms with Crippen LogP contribution in [0.15, 0.2) is 67.2 Å². The van der Waals surface area contributed by atoms with E-state index in [1.54, 1.807) is 19.9 Å². The highest BCUT2D eigenvalue weighted by Crippen LogP contribution is 2.35. The molecule has 0 aliphatic carbocycles. The Hall–Kier alpha value is -4.46. The lowest BCUT2D eigenvalue weighted by atomic mass is 9.94. The molecule has 1 N–H and O–H groups in total. The Morgan fingerprint density at radius 3 is 2.06 bits per heavy atom. The van der Waals surface area contributed by atoms with Crippen molar-refractivity contribution < 1.29 is 27.9 Å². The molecule has 1 heterocycles. The summed E-state index contributed by atoms with van der Waals surface area (Å²) in [5.74, 6) is -4.57. The van der Waals surface area contributed by atoms with Crippen LogP contribution in [-0.2, 0) is 0 Å². The maximum atomic E-state index is 16.0. The number of carbonyl (C=O) groups is 2. The maximum Gasteiger partial charge on any atom is 0.336 e. The molecule has 4 rings (SSSR count). The zero-order chi connectivity index (χ0) is 25.4. The number of carbonyl (C=O) groups excluding carboxylic acids is 1. The third-order valence-electron chi connectivity index (χ3n) is 5.71. The van der Waals surface area contributed by atoms with Crippen molar-refractivity contribution in [1.29, 1.82) is 0 Å². The van der Waals surface area contributed by atoms with E-state index in [4.69, 9.17) is 0 Å². The summed E-state index contributed by atoms with van der Waals surface area (Å²) in [6.07, 6.45) is 0. The maximum absolute atomic E-state index is 16.0. The summed E-state index contributed by atoms with van der Waals surface area (Å²) in [7, 11) is 0. The van der Waals surface area contributed by atoms with Crippen molar-refractivity contribution in [1.82, 2.24) is 9.55 Å². The first-order valence-electron chi connectivity index (χ1n) is 10.5. The van der Waals surface area contributed by atoms with Crippen LogP contribution in [-0.4, -0.2) is 26.5 Å². The van der Waals surface area contributed by atoms with Crippen LogP contribution in [0.2, 0.25) is 0 Å². The van der Waals surface area contributed by atoms with Crippen molar-refractivity contribution in [3.05, 3.63) is 118 Å². The molecule has 0 saturated heterocycles. The van der Waals surface area contributed by atoms with Crippen molar-refractivity contribution >= 4 is 17.4 Å². The van der Waals surface area contributed by atoms with Crippen molar-refractivity contribution in [3.8, 4) is 11.4 Å². The first kappa shape index (κ1) is 23.7. The third kappa shape index (κ3) is 4.26. The Morgan fingerprint density at radius 2 is 1.46 bits per heavy atom. The Morgan fingerprint density at radius 1 is 0.886 bits per heavy atom. The molecule has 0 bridgehead atoms. The number of aromatic carboxylic acids is 1. The van der Waals surface area contributed by atoms with Crippen LogP contribution >= 0.6 is 0 Å². The first-order chi connectivity index (χ1) is 16.6. The van der Waals surface area contributed by atoms with Crippen molar-refractivity contribution in [3.63, 3.8) is 0 Å². The molecule has 0 spiro atoms. The Balaban J connectivity index is 1.97. The summed E-state index contributed by atoms with van der Waals surface area (Å²) in [4.78, 5) is 29.6. The average molecular weight is 476 g/mol. The normalized spacial score (nSPS) is 10.9. The van der Waals surface area contributed by atoms with Gasteiger partial charge in [0.2, 0.25) is 0 Å². The van der Waals surface area contributed by atoms with Crippen LogP contribution in [0.3, 0.4) is 0 Å². The Labute approximate surface area is 198 Å². The molecule has 3 aromatic carbocycles. The van der Waals surface area contributed by atoms with Crippen molar-refractivity contribution in [2.45, 2.75) is 13.8 Å². The van der Waals surface area contributed by atoms with E-state index in [2.05, 4.69) is 11.6 Å². The zero-order valence-corrected chi connectivity index (χ0v) is 18.8. The quantitative estimate of drug-likeness (QED) is 0.382. The number of hydrogen-bond acceptors (Lipinski definition) is 3. The fourth-order valence-electron chi connectivity index (χ4n) is 3.81. The van der Waals surface area contributed by atoms with Crippen LogP contribution in [0.25, 0.3) is 17.0 Å². The van der Waals surface area contributed by atoms with Gasteiger partial charge in [-0.3, -0.25) is 9.36 Å². The molecular weight excluding hydrogens is 457 g/mol. The molecule has 35 heavy (non-hydrogen) atoms. The molecule has 0 aliphatic rings. The average Bonchev–Trinajstić information content (AvgIpc) is 3.11. The molecule has 0 radical (unpaired) electrons. The molecular formula is C27H19F3N2O3. The highest BCUT2D eigenvalue weighted by Gasteiger charge is 2.28. The van der Waals surface area contributed by atoms with E-state index in [9.17, 15) is 23.5 Å². The molecule has 176 valence electrons. The van der Waals surface area contributed by atoms with Crippen LogP contribution in [0.5, 0.6) is 0 Å². The summed E-state index contributed by atoms with van der Waals surface area (Å²) in [5, 5.41) is 9.78. The smallest absolute Gasteiger partial charge is 0.336 e. The van der Waals surface area contributed by atoms with E-state index >= 15 is 4.39 Å². The van der Waals surface area contributed by atoms with Gasteiger partial charge in [0, 0.05) is 16.8 Å². The summed E-state index contributed by atoms with van der Waals surface area (Å²) in [5.41, 5.74) is 0.120. The number of rotatable bonds is 5. The van der Waals surface area contributed by atoms with Gasteiger partial charge in [0.1, 0.15) is 17.5 Å². The van der Waals surface area contributed by atoms with Gasteiger partial charge in [-0.25, -0.2) is 22.9 Å². The number of carboxylic acid groups (broad SMARTS) is 1. The summed E-state index contributed by atoms with van der Waals surface area (Å²) < 4.78 is 44.6. The van der Waals surface area contributed by atoms with Crippen LogP contribution in [0.4, 0.5) is 13.2 Å². The van der Waals surface area contributed by atoms with E-state index in [0.717, 1.165) is 10.6 Å².